The summed E-state index contributed by atoms with van der Waals surface area (Å²) in [5.74, 6) is 0.0517. The van der Waals surface area contributed by atoms with Crippen LogP contribution in [0.3, 0.4) is 0 Å². The number of carbonyl (C=O) groups excluding carboxylic acids is 1. The predicted octanol–water partition coefficient (Wildman–Crippen LogP) is 0.302. The lowest BCUT2D eigenvalue weighted by atomic mass is 10.0. The number of carbonyl (C=O) groups is 1. The van der Waals surface area contributed by atoms with E-state index in [0.717, 1.165) is 13.1 Å². The number of hydrazine groups is 1. The topological polar surface area (TPSA) is 80.5 Å². The van der Waals surface area contributed by atoms with E-state index >= 15 is 0 Å². The third kappa shape index (κ3) is 3.28. The molecule has 3 aliphatic rings. The Kier molecular flexibility index (Phi) is 4.82. The number of fused-ring (bicyclic) bond motifs is 1. The highest BCUT2D eigenvalue weighted by molar-refractivity contribution is 6.30. The van der Waals surface area contributed by atoms with Gasteiger partial charge in [0.15, 0.2) is 0 Å². The molecule has 0 bridgehead atoms. The zero-order chi connectivity index (χ0) is 18.1. The van der Waals surface area contributed by atoms with Gasteiger partial charge in [-0.2, -0.15) is 0 Å². The first kappa shape index (κ1) is 17.3. The van der Waals surface area contributed by atoms with Crippen LogP contribution in [-0.4, -0.2) is 42.8 Å². The lowest BCUT2D eigenvalue weighted by Gasteiger charge is -2.35. The maximum atomic E-state index is 14.4. The van der Waals surface area contributed by atoms with Crippen molar-refractivity contribution in [1.82, 2.24) is 31.7 Å². The van der Waals surface area contributed by atoms with Crippen molar-refractivity contribution in [3.8, 4) is 0 Å². The number of nitrogens with one attached hydrogen (secondary N) is 5. The van der Waals surface area contributed by atoms with Gasteiger partial charge in [-0.15, -0.1) is 0 Å². The fourth-order valence-electron chi connectivity index (χ4n) is 3.32. The minimum Gasteiger partial charge on any atom is -0.386 e. The van der Waals surface area contributed by atoms with Crippen LogP contribution in [0.2, 0.25) is 5.02 Å². The van der Waals surface area contributed by atoms with Gasteiger partial charge < -0.3 is 16.0 Å². The first-order chi connectivity index (χ1) is 12.6. The molecule has 1 aromatic rings. The number of halogens is 2. The van der Waals surface area contributed by atoms with Gasteiger partial charge in [-0.3, -0.25) is 10.1 Å². The lowest BCUT2D eigenvalue weighted by Crippen LogP contribution is -2.56. The Morgan fingerprint density at radius 2 is 2.19 bits per heavy atom. The third-order valence-electron chi connectivity index (χ3n) is 4.64. The lowest BCUT2D eigenvalue weighted by molar-refractivity contribution is -0.126. The molecule has 0 saturated carbocycles. The van der Waals surface area contributed by atoms with E-state index < -0.39 is 17.9 Å². The first-order valence-corrected chi connectivity index (χ1v) is 8.90. The van der Waals surface area contributed by atoms with Gasteiger partial charge >= 0.3 is 0 Å². The van der Waals surface area contributed by atoms with E-state index in [2.05, 4.69) is 26.7 Å². The summed E-state index contributed by atoms with van der Waals surface area (Å²) in [6.45, 7) is 2.05. The Hall–Kier alpha value is -2.13. The second kappa shape index (κ2) is 7.24. The second-order valence-corrected chi connectivity index (χ2v) is 6.75. The molecule has 0 spiro atoms. The highest BCUT2D eigenvalue weighted by Crippen LogP contribution is 2.28. The van der Waals surface area contributed by atoms with Crippen LogP contribution in [0.25, 0.3) is 0 Å². The van der Waals surface area contributed by atoms with Gasteiger partial charge in [-0.1, -0.05) is 35.9 Å². The van der Waals surface area contributed by atoms with Gasteiger partial charge in [-0.25, -0.2) is 14.8 Å². The molecular weight excluding hydrogens is 359 g/mol. The normalized spacial score (nSPS) is 27.9. The molecule has 4 rings (SSSR count). The van der Waals surface area contributed by atoms with Gasteiger partial charge in [-0.05, 0) is 6.07 Å². The molecule has 9 heteroatoms. The van der Waals surface area contributed by atoms with Crippen molar-refractivity contribution in [2.45, 2.75) is 18.2 Å². The summed E-state index contributed by atoms with van der Waals surface area (Å²) in [7, 11) is 0. The van der Waals surface area contributed by atoms with Crippen molar-refractivity contribution in [1.29, 1.82) is 0 Å². The van der Waals surface area contributed by atoms with Gasteiger partial charge in [0.2, 0.25) is 5.91 Å². The van der Waals surface area contributed by atoms with E-state index in [9.17, 15) is 9.18 Å². The van der Waals surface area contributed by atoms with Crippen LogP contribution < -0.4 is 26.7 Å². The molecule has 26 heavy (non-hydrogen) atoms. The molecule has 3 aliphatic heterocycles. The standard InChI is InChI=1S/C17H20ClFN6O/c18-11-3-1-2-10(16(11)19)12-4-5-15-22-8-13(25(15)24-12)17(26)23-14-9-20-6-7-21-14/h1-5,9,12-13,15,20-22,24H,6-8H2,(H,23,26). The minimum absolute atomic E-state index is 0.0801. The van der Waals surface area contributed by atoms with Crippen molar-refractivity contribution in [2.75, 3.05) is 19.6 Å². The quantitative estimate of drug-likeness (QED) is 0.487. The summed E-state index contributed by atoms with van der Waals surface area (Å²) in [5.41, 5.74) is 3.68. The molecule has 1 fully saturated rings. The van der Waals surface area contributed by atoms with Crippen LogP contribution in [0.5, 0.6) is 0 Å². The molecule has 0 radical (unpaired) electrons. The molecule has 1 amide bonds. The van der Waals surface area contributed by atoms with Crippen molar-refractivity contribution in [3.05, 3.63) is 58.8 Å². The SMILES string of the molecule is O=C(NC1=CNCCN1)C1CNC2C=CC(c3cccc(Cl)c3F)NN21. The number of nitrogens with zero attached hydrogens (tertiary/aromatic N) is 1. The highest BCUT2D eigenvalue weighted by Gasteiger charge is 2.40. The highest BCUT2D eigenvalue weighted by atomic mass is 35.5. The van der Waals surface area contributed by atoms with Gasteiger partial charge in [0.05, 0.1) is 17.2 Å². The van der Waals surface area contributed by atoms with E-state index in [1.807, 2.05) is 17.2 Å². The Morgan fingerprint density at radius 3 is 3.00 bits per heavy atom. The monoisotopic (exact) mass is 378 g/mol. The van der Waals surface area contributed by atoms with Crippen LogP contribution in [0.1, 0.15) is 11.6 Å². The van der Waals surface area contributed by atoms with Crippen molar-refractivity contribution >= 4 is 17.5 Å². The summed E-state index contributed by atoms with van der Waals surface area (Å²) in [4.78, 5) is 12.7. The van der Waals surface area contributed by atoms with E-state index in [1.54, 1.807) is 18.3 Å². The molecule has 1 saturated heterocycles. The summed E-state index contributed by atoms with van der Waals surface area (Å²) in [6, 6.07) is 4.09. The zero-order valence-electron chi connectivity index (χ0n) is 13.9. The molecular formula is C17H20ClFN6O. The van der Waals surface area contributed by atoms with Crippen LogP contribution in [0.4, 0.5) is 4.39 Å². The Balaban J connectivity index is 1.49. The number of amides is 1. The van der Waals surface area contributed by atoms with Gasteiger partial charge in [0, 0.05) is 31.4 Å². The molecule has 7 nitrogen and oxygen atoms in total. The minimum atomic E-state index is -0.453. The summed E-state index contributed by atoms with van der Waals surface area (Å²) >= 11 is 5.90. The predicted molar refractivity (Wildman–Crippen MR) is 96.1 cm³/mol. The number of hydrogen-bond acceptors (Lipinski definition) is 6. The van der Waals surface area contributed by atoms with Crippen LogP contribution in [0.15, 0.2) is 42.4 Å². The fourth-order valence-corrected chi connectivity index (χ4v) is 3.50. The van der Waals surface area contributed by atoms with Crippen LogP contribution >= 0.6 is 11.6 Å². The first-order valence-electron chi connectivity index (χ1n) is 8.52. The molecule has 3 heterocycles. The Morgan fingerprint density at radius 1 is 1.31 bits per heavy atom. The molecule has 3 atom stereocenters. The summed E-state index contributed by atoms with van der Waals surface area (Å²) in [5, 5.41) is 14.2. The van der Waals surface area contributed by atoms with Crippen LogP contribution in [-0.2, 0) is 4.79 Å². The summed E-state index contributed by atoms with van der Waals surface area (Å²) < 4.78 is 14.4. The maximum absolute atomic E-state index is 14.4. The van der Waals surface area contributed by atoms with Crippen molar-refractivity contribution < 1.29 is 9.18 Å². The molecule has 1 aromatic carbocycles. The zero-order valence-corrected chi connectivity index (χ0v) is 14.7. The van der Waals surface area contributed by atoms with Crippen LogP contribution in [0, 0.1) is 5.82 Å². The Labute approximate surface area is 155 Å². The smallest absolute Gasteiger partial charge is 0.245 e. The third-order valence-corrected chi connectivity index (χ3v) is 4.93. The maximum Gasteiger partial charge on any atom is 0.245 e. The fraction of sp³-hybridized carbons (Fsp3) is 0.353. The van der Waals surface area contributed by atoms with Gasteiger partial charge in [0.25, 0.3) is 0 Å². The van der Waals surface area contributed by atoms with E-state index in [0.29, 0.717) is 17.9 Å². The Bertz CT molecular complexity index is 770. The van der Waals surface area contributed by atoms with Crippen molar-refractivity contribution in [2.24, 2.45) is 0 Å². The average molecular weight is 379 g/mol. The van der Waals surface area contributed by atoms with E-state index in [1.165, 1.54) is 6.07 Å². The molecule has 138 valence electrons. The largest absolute Gasteiger partial charge is 0.386 e. The van der Waals surface area contributed by atoms with E-state index in [4.69, 9.17) is 11.6 Å². The number of benzene rings is 1. The molecule has 0 aliphatic carbocycles. The second-order valence-electron chi connectivity index (χ2n) is 6.34. The number of rotatable bonds is 3. The van der Waals surface area contributed by atoms with Crippen molar-refractivity contribution in [3.63, 3.8) is 0 Å². The van der Waals surface area contributed by atoms with E-state index in [-0.39, 0.29) is 17.1 Å². The molecule has 3 unspecified atom stereocenters. The number of hydrogen-bond donors (Lipinski definition) is 5. The average Bonchev–Trinajstić information content (AvgIpc) is 3.08. The molecule has 5 N–H and O–H groups in total. The summed E-state index contributed by atoms with van der Waals surface area (Å²) in [6.07, 6.45) is 5.41. The van der Waals surface area contributed by atoms with Gasteiger partial charge in [0.1, 0.15) is 17.7 Å². The molecule has 0 aromatic heterocycles.